The van der Waals surface area contributed by atoms with Crippen LogP contribution in [0.15, 0.2) is 29.6 Å². The Morgan fingerprint density at radius 3 is 2.96 bits per heavy atom. The molecular weight excluding hydrogens is 361 g/mol. The number of aromatic amines is 1. The Labute approximate surface area is 153 Å². The SMILES string of the molecule is NN/N=C(\N)C1CCn2c(c(-c3cn[nH]c3)c3ccc(Cl)c(Cl)c32)C1. The standard InChI is InChI=1S/C16H17Cl2N7/c17-11-2-1-10-13(9-6-21-22-7-9)12-5-8(16(19)23-24-20)3-4-25(12)15(10)14(11)18/h1-2,6-8,24H,3-5,20H2,(H2,19,23)(H,21,22). The molecule has 0 radical (unpaired) electrons. The molecule has 3 heterocycles. The third-order valence-corrected chi connectivity index (χ3v) is 5.56. The molecule has 9 heteroatoms. The largest absolute Gasteiger partial charge is 0.385 e. The first kappa shape index (κ1) is 16.3. The quantitative estimate of drug-likeness (QED) is 0.243. The van der Waals surface area contributed by atoms with Crippen LogP contribution in [0, 0.1) is 5.92 Å². The number of fused-ring (bicyclic) bond motifs is 3. The van der Waals surface area contributed by atoms with Crippen molar-refractivity contribution in [3.05, 3.63) is 40.3 Å². The zero-order valence-corrected chi connectivity index (χ0v) is 14.8. The van der Waals surface area contributed by atoms with E-state index in [0.717, 1.165) is 47.1 Å². The molecule has 3 aromatic rings. The molecule has 6 N–H and O–H groups in total. The van der Waals surface area contributed by atoms with Gasteiger partial charge in [0.05, 0.1) is 21.8 Å². The molecule has 1 aliphatic rings. The number of hydrogen-bond acceptors (Lipinski definition) is 4. The fourth-order valence-electron chi connectivity index (χ4n) is 3.64. The van der Waals surface area contributed by atoms with Gasteiger partial charge in [-0.3, -0.25) is 5.10 Å². The molecule has 1 aromatic carbocycles. The van der Waals surface area contributed by atoms with E-state index in [4.69, 9.17) is 34.8 Å². The van der Waals surface area contributed by atoms with Crippen molar-refractivity contribution in [3.8, 4) is 11.1 Å². The van der Waals surface area contributed by atoms with Crippen LogP contribution in [0.4, 0.5) is 0 Å². The minimum Gasteiger partial charge on any atom is -0.385 e. The van der Waals surface area contributed by atoms with Crippen LogP contribution >= 0.6 is 23.2 Å². The van der Waals surface area contributed by atoms with Gasteiger partial charge >= 0.3 is 0 Å². The summed E-state index contributed by atoms with van der Waals surface area (Å²) < 4.78 is 2.23. The molecule has 7 nitrogen and oxygen atoms in total. The van der Waals surface area contributed by atoms with Gasteiger partial charge in [0.1, 0.15) is 5.84 Å². The van der Waals surface area contributed by atoms with Crippen molar-refractivity contribution in [1.82, 2.24) is 20.3 Å². The number of amidine groups is 1. The average Bonchev–Trinajstić information content (AvgIpc) is 3.23. The molecule has 0 saturated carbocycles. The zero-order valence-electron chi connectivity index (χ0n) is 13.3. The van der Waals surface area contributed by atoms with E-state index in [1.54, 1.807) is 6.20 Å². The summed E-state index contributed by atoms with van der Waals surface area (Å²) >= 11 is 12.8. The summed E-state index contributed by atoms with van der Waals surface area (Å²) in [4.78, 5) is 0. The first-order valence-electron chi connectivity index (χ1n) is 7.88. The van der Waals surface area contributed by atoms with E-state index < -0.39 is 0 Å². The lowest BCUT2D eigenvalue weighted by Crippen LogP contribution is -2.33. The topological polar surface area (TPSA) is 110 Å². The predicted octanol–water partition coefficient (Wildman–Crippen LogP) is 2.64. The number of H-pyrrole nitrogens is 1. The number of rotatable bonds is 3. The first-order chi connectivity index (χ1) is 12.1. The highest BCUT2D eigenvalue weighted by Crippen LogP contribution is 2.43. The molecule has 2 aromatic heterocycles. The lowest BCUT2D eigenvalue weighted by Gasteiger charge is -2.25. The van der Waals surface area contributed by atoms with Gasteiger partial charge in [0.2, 0.25) is 0 Å². The molecule has 0 saturated heterocycles. The van der Waals surface area contributed by atoms with Gasteiger partial charge in [0.25, 0.3) is 0 Å². The van der Waals surface area contributed by atoms with E-state index in [9.17, 15) is 0 Å². The van der Waals surface area contributed by atoms with Gasteiger partial charge < -0.3 is 10.3 Å². The number of hydrogen-bond donors (Lipinski definition) is 4. The maximum atomic E-state index is 6.54. The van der Waals surface area contributed by atoms with Crippen LogP contribution in [0.5, 0.6) is 0 Å². The summed E-state index contributed by atoms with van der Waals surface area (Å²) in [5.74, 6) is 5.87. The number of hydrazone groups is 1. The number of aromatic nitrogens is 3. The maximum Gasteiger partial charge on any atom is 0.124 e. The Balaban J connectivity index is 1.96. The summed E-state index contributed by atoms with van der Waals surface area (Å²) in [5.41, 5.74) is 12.5. The molecule has 0 spiro atoms. The van der Waals surface area contributed by atoms with E-state index in [0.29, 0.717) is 15.9 Å². The highest BCUT2D eigenvalue weighted by Gasteiger charge is 2.29. The summed E-state index contributed by atoms with van der Waals surface area (Å²) in [6.07, 6.45) is 5.27. The summed E-state index contributed by atoms with van der Waals surface area (Å²) in [5, 5.41) is 13.1. The Morgan fingerprint density at radius 1 is 1.40 bits per heavy atom. The molecule has 130 valence electrons. The maximum absolute atomic E-state index is 6.54. The van der Waals surface area contributed by atoms with Crippen molar-refractivity contribution in [3.63, 3.8) is 0 Å². The van der Waals surface area contributed by atoms with Gasteiger partial charge in [-0.25, -0.2) is 11.4 Å². The summed E-state index contributed by atoms with van der Waals surface area (Å²) in [6, 6.07) is 3.83. The third kappa shape index (κ3) is 2.55. The fourth-order valence-corrected chi connectivity index (χ4v) is 4.06. The fraction of sp³-hybridized carbons (Fsp3) is 0.250. The van der Waals surface area contributed by atoms with Gasteiger partial charge in [-0.2, -0.15) is 10.2 Å². The van der Waals surface area contributed by atoms with Crippen LogP contribution in [0.25, 0.3) is 22.0 Å². The number of nitrogens with one attached hydrogen (secondary N) is 2. The second-order valence-electron chi connectivity index (χ2n) is 6.07. The van der Waals surface area contributed by atoms with Gasteiger partial charge in [0.15, 0.2) is 0 Å². The number of aryl methyl sites for hydroxylation is 1. The average molecular weight is 378 g/mol. The third-order valence-electron chi connectivity index (χ3n) is 4.76. The van der Waals surface area contributed by atoms with Crippen LogP contribution in [-0.2, 0) is 13.0 Å². The first-order valence-corrected chi connectivity index (χ1v) is 8.64. The molecule has 0 bridgehead atoms. The Bertz CT molecular complexity index is 959. The minimum atomic E-state index is 0.104. The van der Waals surface area contributed by atoms with Crippen LogP contribution < -0.4 is 17.1 Å². The Kier molecular flexibility index (Phi) is 4.07. The molecule has 4 rings (SSSR count). The normalized spacial score (nSPS) is 17.7. The molecular formula is C16H17Cl2N7. The van der Waals surface area contributed by atoms with Crippen molar-refractivity contribution in [2.75, 3.05) is 0 Å². The number of benzene rings is 1. The molecule has 0 fully saturated rings. The van der Waals surface area contributed by atoms with Crippen LogP contribution in [-0.4, -0.2) is 20.6 Å². The van der Waals surface area contributed by atoms with Crippen LogP contribution in [0.3, 0.4) is 0 Å². The van der Waals surface area contributed by atoms with Gasteiger partial charge in [-0.15, -0.1) is 0 Å². The summed E-state index contributed by atoms with van der Waals surface area (Å²) in [6.45, 7) is 0.773. The van der Waals surface area contributed by atoms with Crippen molar-refractivity contribution < 1.29 is 0 Å². The Morgan fingerprint density at radius 2 is 2.24 bits per heavy atom. The smallest absolute Gasteiger partial charge is 0.124 e. The lowest BCUT2D eigenvalue weighted by molar-refractivity contribution is 0.476. The number of nitrogens with two attached hydrogens (primary N) is 2. The molecule has 0 amide bonds. The zero-order chi connectivity index (χ0) is 17.6. The molecule has 0 aliphatic carbocycles. The highest BCUT2D eigenvalue weighted by atomic mass is 35.5. The van der Waals surface area contributed by atoms with Gasteiger partial charge in [-0.05, 0) is 18.9 Å². The monoisotopic (exact) mass is 377 g/mol. The number of nitrogens with zero attached hydrogens (tertiary/aromatic N) is 3. The summed E-state index contributed by atoms with van der Waals surface area (Å²) in [7, 11) is 0. The predicted molar refractivity (Wildman–Crippen MR) is 100 cm³/mol. The Hall–Kier alpha value is -2.22. The van der Waals surface area contributed by atoms with Gasteiger partial charge in [-0.1, -0.05) is 29.3 Å². The van der Waals surface area contributed by atoms with E-state index in [1.165, 1.54) is 0 Å². The number of hydrazine groups is 1. The van der Waals surface area contributed by atoms with Crippen molar-refractivity contribution in [2.45, 2.75) is 19.4 Å². The number of halogens is 2. The second kappa shape index (κ2) is 6.25. The molecule has 25 heavy (non-hydrogen) atoms. The van der Waals surface area contributed by atoms with Crippen molar-refractivity contribution >= 4 is 39.9 Å². The van der Waals surface area contributed by atoms with Crippen LogP contribution in [0.1, 0.15) is 12.1 Å². The van der Waals surface area contributed by atoms with Crippen LogP contribution in [0.2, 0.25) is 10.0 Å². The molecule has 1 aliphatic heterocycles. The molecule has 1 atom stereocenters. The van der Waals surface area contributed by atoms with E-state index >= 15 is 0 Å². The van der Waals surface area contributed by atoms with E-state index in [-0.39, 0.29) is 5.92 Å². The second-order valence-corrected chi connectivity index (χ2v) is 6.86. The van der Waals surface area contributed by atoms with Gasteiger partial charge in [0, 0.05) is 40.9 Å². The van der Waals surface area contributed by atoms with E-state index in [1.807, 2.05) is 18.3 Å². The minimum absolute atomic E-state index is 0.104. The van der Waals surface area contributed by atoms with Crippen molar-refractivity contribution in [1.29, 1.82) is 0 Å². The molecule has 1 unspecified atom stereocenters. The lowest BCUT2D eigenvalue weighted by atomic mass is 9.92. The highest BCUT2D eigenvalue weighted by molar-refractivity contribution is 6.45. The van der Waals surface area contributed by atoms with Crippen molar-refractivity contribution in [2.24, 2.45) is 22.6 Å². The van der Waals surface area contributed by atoms with E-state index in [2.05, 4.69) is 25.4 Å².